The van der Waals surface area contributed by atoms with Crippen molar-refractivity contribution in [3.8, 4) is 0 Å². The van der Waals surface area contributed by atoms with Crippen LogP contribution in [-0.2, 0) is 16.4 Å². The third kappa shape index (κ3) is 3.36. The van der Waals surface area contributed by atoms with Crippen molar-refractivity contribution >= 4 is 38.2 Å². The van der Waals surface area contributed by atoms with E-state index in [1.54, 1.807) is 6.07 Å². The molecule has 0 aliphatic heterocycles. The van der Waals surface area contributed by atoms with E-state index in [-0.39, 0.29) is 35.1 Å². The van der Waals surface area contributed by atoms with Gasteiger partial charge in [-0.1, -0.05) is 44.5 Å². The second kappa shape index (κ2) is 6.99. The van der Waals surface area contributed by atoms with Crippen molar-refractivity contribution in [3.63, 3.8) is 0 Å². The first-order valence-electron chi connectivity index (χ1n) is 10.6. The number of hydrogen-bond acceptors (Lipinski definition) is 3. The first-order chi connectivity index (χ1) is 13.8. The highest BCUT2D eigenvalue weighted by Gasteiger charge is 2.59. The van der Waals surface area contributed by atoms with Gasteiger partial charge in [-0.25, -0.2) is 8.42 Å². The molecule has 2 aliphatic carbocycles. The molecule has 0 spiro atoms. The molecule has 2 aromatic rings. The van der Waals surface area contributed by atoms with E-state index in [1.807, 2.05) is 23.6 Å². The topological polar surface area (TPSA) is 68.2 Å². The number of carbonyl (C=O) groups excluding carboxylic acids is 1. The van der Waals surface area contributed by atoms with Gasteiger partial charge in [0.15, 0.2) is 0 Å². The van der Waals surface area contributed by atoms with Gasteiger partial charge in [0.1, 0.15) is 9.84 Å². The predicted molar refractivity (Wildman–Crippen MR) is 122 cm³/mol. The number of nitrogens with one attached hydrogen (secondary N) is 1. The van der Waals surface area contributed by atoms with Crippen molar-refractivity contribution in [2.75, 3.05) is 12.0 Å². The Hall–Kier alpha value is -1.53. The number of amides is 1. The molecule has 3 unspecified atom stereocenters. The lowest BCUT2D eigenvalue weighted by atomic mass is 9.68. The van der Waals surface area contributed by atoms with Crippen molar-refractivity contribution < 1.29 is 13.2 Å². The fourth-order valence-electron chi connectivity index (χ4n) is 6.18. The summed E-state index contributed by atoms with van der Waals surface area (Å²) in [6.07, 6.45) is 4.76. The number of aromatic nitrogens is 1. The minimum atomic E-state index is -3.14. The molecule has 2 bridgehead atoms. The number of para-hydroxylation sites is 1. The van der Waals surface area contributed by atoms with Crippen LogP contribution < -0.4 is 5.32 Å². The molecular weight excluding hydrogens is 420 g/mol. The van der Waals surface area contributed by atoms with Gasteiger partial charge in [-0.05, 0) is 49.0 Å². The Labute approximate surface area is 184 Å². The summed E-state index contributed by atoms with van der Waals surface area (Å²) < 4.78 is 25.4. The average molecular weight is 451 g/mol. The lowest BCUT2D eigenvalue weighted by Gasteiger charge is -2.43. The molecule has 7 heteroatoms. The Balaban J connectivity index is 1.75. The number of halogens is 1. The molecule has 4 rings (SSSR count). The number of aryl methyl sites for hydroxylation is 1. The molecule has 2 fully saturated rings. The number of benzene rings is 1. The second-order valence-electron chi connectivity index (χ2n) is 10.2. The zero-order valence-electron chi connectivity index (χ0n) is 18.4. The molecule has 3 atom stereocenters. The summed E-state index contributed by atoms with van der Waals surface area (Å²) in [5.41, 5.74) is 2.27. The molecule has 1 aromatic heterocycles. The highest BCUT2D eigenvalue weighted by molar-refractivity contribution is 7.90. The second-order valence-corrected chi connectivity index (χ2v) is 12.9. The van der Waals surface area contributed by atoms with Crippen LogP contribution in [-0.4, -0.2) is 36.9 Å². The van der Waals surface area contributed by atoms with Gasteiger partial charge in [0.05, 0.1) is 21.9 Å². The summed E-state index contributed by atoms with van der Waals surface area (Å²) in [5, 5.41) is 4.68. The van der Waals surface area contributed by atoms with Crippen molar-refractivity contribution in [3.05, 3.63) is 34.5 Å². The minimum absolute atomic E-state index is 0.000685. The molecule has 5 nitrogen and oxygen atoms in total. The van der Waals surface area contributed by atoms with Gasteiger partial charge < -0.3 is 9.88 Å². The third-order valence-electron chi connectivity index (χ3n) is 7.75. The van der Waals surface area contributed by atoms with Crippen molar-refractivity contribution in [2.45, 2.75) is 59.5 Å². The van der Waals surface area contributed by atoms with Crippen LogP contribution in [0.15, 0.2) is 18.2 Å². The SMILES string of the molecule is Cc1c(C(=O)NC2C3(C)CCC(C3)C2(C)C)c2cccc(Cl)c2n1CCS(C)(=O)=O. The fraction of sp³-hybridized carbons (Fsp3) is 0.609. The number of carbonyl (C=O) groups is 1. The van der Waals surface area contributed by atoms with Gasteiger partial charge in [0.25, 0.3) is 5.91 Å². The van der Waals surface area contributed by atoms with E-state index in [0.29, 0.717) is 16.5 Å². The first kappa shape index (κ1) is 21.7. The average Bonchev–Trinajstić information content (AvgIpc) is 3.21. The Bertz CT molecular complexity index is 1130. The van der Waals surface area contributed by atoms with E-state index in [4.69, 9.17) is 11.6 Å². The molecular formula is C23H31ClN2O3S. The molecule has 2 aliphatic rings. The van der Waals surface area contributed by atoms with Gasteiger partial charge in [0, 0.05) is 29.9 Å². The Morgan fingerprint density at radius 2 is 2.00 bits per heavy atom. The van der Waals surface area contributed by atoms with Crippen molar-refractivity contribution in [2.24, 2.45) is 16.7 Å². The molecule has 0 saturated heterocycles. The van der Waals surface area contributed by atoms with E-state index >= 15 is 0 Å². The van der Waals surface area contributed by atoms with Gasteiger partial charge in [-0.15, -0.1) is 0 Å². The summed E-state index contributed by atoms with van der Waals surface area (Å²) in [6.45, 7) is 8.98. The first-order valence-corrected chi connectivity index (χ1v) is 13.0. The maximum absolute atomic E-state index is 13.6. The zero-order valence-corrected chi connectivity index (χ0v) is 20.0. The van der Waals surface area contributed by atoms with Gasteiger partial charge in [-0.2, -0.15) is 0 Å². The summed E-state index contributed by atoms with van der Waals surface area (Å²) in [6, 6.07) is 5.63. The predicted octanol–water partition coefficient (Wildman–Crippen LogP) is 4.59. The molecule has 1 aromatic carbocycles. The zero-order chi connectivity index (χ0) is 22.1. The fourth-order valence-corrected chi connectivity index (χ4v) is 6.97. The van der Waals surface area contributed by atoms with Crippen LogP contribution in [0.2, 0.25) is 5.02 Å². The van der Waals surface area contributed by atoms with Crippen LogP contribution in [0.1, 0.15) is 56.1 Å². The Morgan fingerprint density at radius 3 is 2.60 bits per heavy atom. The highest BCUT2D eigenvalue weighted by Crippen LogP contribution is 2.62. The molecule has 164 valence electrons. The summed E-state index contributed by atoms with van der Waals surface area (Å²) in [5.74, 6) is 0.545. The van der Waals surface area contributed by atoms with Crippen LogP contribution in [0.4, 0.5) is 0 Å². The Morgan fingerprint density at radius 1 is 1.30 bits per heavy atom. The smallest absolute Gasteiger partial charge is 0.253 e. The largest absolute Gasteiger partial charge is 0.348 e. The van der Waals surface area contributed by atoms with Crippen LogP contribution in [0, 0.1) is 23.7 Å². The van der Waals surface area contributed by atoms with E-state index in [2.05, 4.69) is 26.1 Å². The molecule has 1 N–H and O–H groups in total. The number of nitrogens with zero attached hydrogens (tertiary/aromatic N) is 1. The maximum atomic E-state index is 13.6. The number of rotatable bonds is 5. The van der Waals surface area contributed by atoms with E-state index in [1.165, 1.54) is 12.7 Å². The van der Waals surface area contributed by atoms with Crippen LogP contribution in [0.5, 0.6) is 0 Å². The normalized spacial score (nSPS) is 27.7. The van der Waals surface area contributed by atoms with Crippen molar-refractivity contribution in [1.82, 2.24) is 9.88 Å². The number of fused-ring (bicyclic) bond motifs is 3. The number of hydrogen-bond donors (Lipinski definition) is 1. The van der Waals surface area contributed by atoms with Gasteiger partial charge in [-0.3, -0.25) is 4.79 Å². The standard InChI is InChI=1S/C23H31ClN2O3S/c1-14-18(20(27)25-21-22(2,3)15-9-10-23(21,4)13-15)16-7-6-8-17(24)19(16)26(14)11-12-30(5,28)29/h6-8,15,21H,9-13H2,1-5H3,(H,25,27). The van der Waals surface area contributed by atoms with E-state index in [9.17, 15) is 13.2 Å². The van der Waals surface area contributed by atoms with E-state index < -0.39 is 9.84 Å². The molecule has 30 heavy (non-hydrogen) atoms. The number of sulfone groups is 1. The van der Waals surface area contributed by atoms with Crippen LogP contribution in [0.25, 0.3) is 10.9 Å². The third-order valence-corrected chi connectivity index (χ3v) is 8.98. The maximum Gasteiger partial charge on any atom is 0.253 e. The summed E-state index contributed by atoms with van der Waals surface area (Å²) in [4.78, 5) is 13.6. The van der Waals surface area contributed by atoms with Crippen molar-refractivity contribution in [1.29, 1.82) is 0 Å². The van der Waals surface area contributed by atoms with Crippen LogP contribution >= 0.6 is 11.6 Å². The minimum Gasteiger partial charge on any atom is -0.348 e. The Kier molecular flexibility index (Phi) is 5.06. The monoisotopic (exact) mass is 450 g/mol. The van der Waals surface area contributed by atoms with Crippen LogP contribution in [0.3, 0.4) is 0 Å². The van der Waals surface area contributed by atoms with Gasteiger partial charge in [0.2, 0.25) is 0 Å². The lowest BCUT2D eigenvalue weighted by molar-refractivity contribution is 0.0738. The molecule has 0 radical (unpaired) electrons. The molecule has 2 saturated carbocycles. The highest BCUT2D eigenvalue weighted by atomic mass is 35.5. The molecule has 1 amide bonds. The quantitative estimate of drug-likeness (QED) is 0.724. The summed E-state index contributed by atoms with van der Waals surface area (Å²) >= 11 is 6.49. The van der Waals surface area contributed by atoms with E-state index in [0.717, 1.165) is 29.4 Å². The molecule has 1 heterocycles. The lowest BCUT2D eigenvalue weighted by Crippen LogP contribution is -2.52. The summed E-state index contributed by atoms with van der Waals surface area (Å²) in [7, 11) is -3.14. The van der Waals surface area contributed by atoms with Gasteiger partial charge >= 0.3 is 0 Å².